The molecule has 4 rings (SSSR count). The van der Waals surface area contributed by atoms with Crippen LogP contribution < -0.4 is 5.32 Å². The van der Waals surface area contributed by atoms with Crippen LogP contribution in [0.5, 0.6) is 0 Å². The zero-order chi connectivity index (χ0) is 17.8. The summed E-state index contributed by atoms with van der Waals surface area (Å²) in [6.07, 6.45) is 4.78. The molecule has 0 spiro atoms. The van der Waals surface area contributed by atoms with Crippen molar-refractivity contribution in [3.8, 4) is 0 Å². The summed E-state index contributed by atoms with van der Waals surface area (Å²) in [7, 11) is 0. The van der Waals surface area contributed by atoms with E-state index in [1.54, 1.807) is 0 Å². The lowest BCUT2D eigenvalue weighted by atomic mass is 9.95. The molecule has 1 aromatic carbocycles. The number of ether oxygens (including phenoxy) is 2. The van der Waals surface area contributed by atoms with E-state index in [2.05, 4.69) is 15.5 Å². The molecule has 1 saturated heterocycles. The van der Waals surface area contributed by atoms with Gasteiger partial charge in [-0.3, -0.25) is 9.89 Å². The lowest BCUT2D eigenvalue weighted by Crippen LogP contribution is -2.50. The van der Waals surface area contributed by atoms with Crippen LogP contribution in [0.4, 0.5) is 0 Å². The number of nitrogens with zero attached hydrogens (tertiary/aromatic N) is 1. The Kier molecular flexibility index (Phi) is 5.32. The largest absolute Gasteiger partial charge is 0.379 e. The first-order chi connectivity index (χ1) is 12.8. The Morgan fingerprint density at radius 2 is 2.12 bits per heavy atom. The number of carbonyl (C=O) groups is 1. The van der Waals surface area contributed by atoms with Gasteiger partial charge in [-0.2, -0.15) is 5.10 Å². The maximum absolute atomic E-state index is 12.8. The summed E-state index contributed by atoms with van der Waals surface area (Å²) in [6.45, 7) is 1.64. The number of nitrogens with one attached hydrogen (secondary N) is 2. The SMILES string of the molecule is O=C(NC1CCOCC1OCc1ccccc1)c1n[nH]c2c1CCCC2. The van der Waals surface area contributed by atoms with E-state index in [9.17, 15) is 4.79 Å². The summed E-state index contributed by atoms with van der Waals surface area (Å²) in [5.74, 6) is -0.107. The molecule has 2 N–H and O–H groups in total. The molecule has 6 heteroatoms. The van der Waals surface area contributed by atoms with Crippen LogP contribution in [-0.4, -0.2) is 41.5 Å². The van der Waals surface area contributed by atoms with Crippen molar-refractivity contribution >= 4 is 5.91 Å². The van der Waals surface area contributed by atoms with Gasteiger partial charge in [0.1, 0.15) is 6.10 Å². The Morgan fingerprint density at radius 3 is 3.00 bits per heavy atom. The molecule has 1 aliphatic heterocycles. The van der Waals surface area contributed by atoms with Crippen molar-refractivity contribution in [2.75, 3.05) is 13.2 Å². The van der Waals surface area contributed by atoms with Gasteiger partial charge in [-0.1, -0.05) is 30.3 Å². The van der Waals surface area contributed by atoms with Gasteiger partial charge in [-0.05, 0) is 37.7 Å². The number of benzene rings is 1. The van der Waals surface area contributed by atoms with Crippen molar-refractivity contribution < 1.29 is 14.3 Å². The molecule has 26 heavy (non-hydrogen) atoms. The molecular formula is C20H25N3O3. The normalized spacial score (nSPS) is 22.6. The minimum atomic E-state index is -0.150. The first kappa shape index (κ1) is 17.2. The maximum Gasteiger partial charge on any atom is 0.272 e. The first-order valence-corrected chi connectivity index (χ1v) is 9.41. The molecule has 1 amide bonds. The van der Waals surface area contributed by atoms with Crippen molar-refractivity contribution in [1.82, 2.24) is 15.5 Å². The Hall–Kier alpha value is -2.18. The van der Waals surface area contributed by atoms with Crippen LogP contribution in [0.1, 0.15) is 46.6 Å². The van der Waals surface area contributed by atoms with E-state index in [1.807, 2.05) is 30.3 Å². The summed E-state index contributed by atoms with van der Waals surface area (Å²) in [4.78, 5) is 12.8. The molecule has 2 unspecified atom stereocenters. The Bertz CT molecular complexity index is 744. The number of H-pyrrole nitrogens is 1. The van der Waals surface area contributed by atoms with Crippen molar-refractivity contribution in [3.63, 3.8) is 0 Å². The van der Waals surface area contributed by atoms with E-state index in [-0.39, 0.29) is 18.1 Å². The maximum atomic E-state index is 12.8. The van der Waals surface area contributed by atoms with E-state index in [4.69, 9.17) is 9.47 Å². The third-order valence-corrected chi connectivity index (χ3v) is 5.20. The minimum absolute atomic E-state index is 0.0593. The zero-order valence-electron chi connectivity index (χ0n) is 14.9. The highest BCUT2D eigenvalue weighted by Gasteiger charge is 2.30. The van der Waals surface area contributed by atoms with Gasteiger partial charge in [-0.25, -0.2) is 0 Å². The summed E-state index contributed by atoms with van der Waals surface area (Å²) in [6, 6.07) is 9.99. The van der Waals surface area contributed by atoms with Gasteiger partial charge in [0.2, 0.25) is 0 Å². The minimum Gasteiger partial charge on any atom is -0.379 e. The van der Waals surface area contributed by atoms with Crippen LogP contribution in [0.25, 0.3) is 0 Å². The van der Waals surface area contributed by atoms with E-state index >= 15 is 0 Å². The van der Waals surface area contributed by atoms with E-state index < -0.39 is 0 Å². The van der Waals surface area contributed by atoms with Crippen molar-refractivity contribution in [1.29, 1.82) is 0 Å². The second-order valence-electron chi connectivity index (χ2n) is 7.02. The highest BCUT2D eigenvalue weighted by molar-refractivity contribution is 5.94. The van der Waals surface area contributed by atoms with Gasteiger partial charge in [0, 0.05) is 17.9 Å². The molecule has 0 bridgehead atoms. The zero-order valence-corrected chi connectivity index (χ0v) is 14.9. The van der Waals surface area contributed by atoms with Gasteiger partial charge >= 0.3 is 0 Å². The van der Waals surface area contributed by atoms with Gasteiger partial charge < -0.3 is 14.8 Å². The molecular weight excluding hydrogens is 330 g/mol. The quantitative estimate of drug-likeness (QED) is 0.863. The molecule has 2 aromatic rings. The topological polar surface area (TPSA) is 76.2 Å². The van der Waals surface area contributed by atoms with E-state index in [0.717, 1.165) is 48.9 Å². The highest BCUT2D eigenvalue weighted by atomic mass is 16.5. The second kappa shape index (κ2) is 8.01. The van der Waals surface area contributed by atoms with Crippen molar-refractivity contribution in [3.05, 3.63) is 52.8 Å². The number of aromatic amines is 1. The Morgan fingerprint density at radius 1 is 1.27 bits per heavy atom. The molecule has 1 aromatic heterocycles. The Balaban J connectivity index is 1.40. The van der Waals surface area contributed by atoms with Gasteiger partial charge in [0.05, 0.1) is 19.3 Å². The molecule has 138 valence electrons. The van der Waals surface area contributed by atoms with Gasteiger partial charge in [-0.15, -0.1) is 0 Å². The second-order valence-corrected chi connectivity index (χ2v) is 7.02. The molecule has 2 heterocycles. The van der Waals surface area contributed by atoms with Crippen LogP contribution in [0.3, 0.4) is 0 Å². The number of fused-ring (bicyclic) bond motifs is 1. The molecule has 0 radical (unpaired) electrons. The number of aromatic nitrogens is 2. The molecule has 1 fully saturated rings. The van der Waals surface area contributed by atoms with E-state index in [0.29, 0.717) is 25.5 Å². The molecule has 1 aliphatic carbocycles. The Labute approximate surface area is 153 Å². The number of aryl methyl sites for hydroxylation is 1. The number of hydrogen-bond donors (Lipinski definition) is 2. The molecule has 0 saturated carbocycles. The summed E-state index contributed by atoms with van der Waals surface area (Å²) in [5.41, 5.74) is 3.87. The summed E-state index contributed by atoms with van der Waals surface area (Å²) < 4.78 is 11.6. The third-order valence-electron chi connectivity index (χ3n) is 5.20. The van der Waals surface area contributed by atoms with Gasteiger partial charge in [0.15, 0.2) is 5.69 Å². The molecule has 6 nitrogen and oxygen atoms in total. The fraction of sp³-hybridized carbons (Fsp3) is 0.500. The predicted molar refractivity (Wildman–Crippen MR) is 96.9 cm³/mol. The number of amides is 1. The van der Waals surface area contributed by atoms with Crippen LogP contribution in [-0.2, 0) is 28.9 Å². The third kappa shape index (κ3) is 3.81. The smallest absolute Gasteiger partial charge is 0.272 e. The van der Waals surface area contributed by atoms with Crippen molar-refractivity contribution in [2.45, 2.75) is 50.9 Å². The van der Waals surface area contributed by atoms with Crippen LogP contribution >= 0.6 is 0 Å². The first-order valence-electron chi connectivity index (χ1n) is 9.41. The lowest BCUT2D eigenvalue weighted by Gasteiger charge is -2.32. The average molecular weight is 355 g/mol. The highest BCUT2D eigenvalue weighted by Crippen LogP contribution is 2.22. The number of hydrogen-bond acceptors (Lipinski definition) is 4. The fourth-order valence-corrected chi connectivity index (χ4v) is 3.72. The molecule has 2 atom stereocenters. The number of carbonyl (C=O) groups excluding carboxylic acids is 1. The average Bonchev–Trinajstić information content (AvgIpc) is 3.12. The lowest BCUT2D eigenvalue weighted by molar-refractivity contribution is -0.0736. The standard InChI is InChI=1S/C20H25N3O3/c24-20(19-15-8-4-5-9-16(15)22-23-19)21-17-10-11-25-13-18(17)26-12-14-6-2-1-3-7-14/h1-3,6-7,17-18H,4-5,8-13H2,(H,21,24)(H,22,23). The fourth-order valence-electron chi connectivity index (χ4n) is 3.72. The summed E-state index contributed by atoms with van der Waals surface area (Å²) >= 11 is 0. The predicted octanol–water partition coefficient (Wildman–Crippen LogP) is 2.39. The van der Waals surface area contributed by atoms with Crippen LogP contribution in [0.2, 0.25) is 0 Å². The van der Waals surface area contributed by atoms with Crippen LogP contribution in [0, 0.1) is 0 Å². The monoisotopic (exact) mass is 355 g/mol. The molecule has 2 aliphatic rings. The van der Waals surface area contributed by atoms with E-state index in [1.165, 1.54) is 0 Å². The van der Waals surface area contributed by atoms with Gasteiger partial charge in [0.25, 0.3) is 5.91 Å². The number of rotatable bonds is 5. The van der Waals surface area contributed by atoms with Crippen LogP contribution in [0.15, 0.2) is 30.3 Å². The summed E-state index contributed by atoms with van der Waals surface area (Å²) in [5, 5.41) is 10.4. The van der Waals surface area contributed by atoms with Crippen molar-refractivity contribution in [2.24, 2.45) is 0 Å².